The number of hydrogen-bond donors (Lipinski definition) is 1. The second kappa shape index (κ2) is 6.30. The number of oxazole rings is 1. The Morgan fingerprint density at radius 2 is 2.26 bits per heavy atom. The van der Waals surface area contributed by atoms with E-state index in [0.29, 0.717) is 17.2 Å². The molecule has 0 saturated carbocycles. The fourth-order valence-electron chi connectivity index (χ4n) is 3.61. The van der Waals surface area contributed by atoms with Gasteiger partial charge in [-0.1, -0.05) is 0 Å². The summed E-state index contributed by atoms with van der Waals surface area (Å²) in [7, 11) is 0. The van der Waals surface area contributed by atoms with Gasteiger partial charge in [0, 0.05) is 12.1 Å². The molecular formula is C16H19N3O2S2. The molecular weight excluding hydrogens is 330 g/mol. The summed E-state index contributed by atoms with van der Waals surface area (Å²) in [6.07, 6.45) is 5.58. The van der Waals surface area contributed by atoms with E-state index in [9.17, 15) is 4.79 Å². The Kier molecular flexibility index (Phi) is 4.17. The number of thiophene rings is 1. The van der Waals surface area contributed by atoms with Gasteiger partial charge in [-0.15, -0.1) is 11.3 Å². The SMILES string of the molecule is C[C@H]1[C@H](NC(=O)c2ccc(Sc3ncco3)s2)C2CCN1CC2. The molecule has 1 amide bonds. The summed E-state index contributed by atoms with van der Waals surface area (Å²) >= 11 is 2.93. The van der Waals surface area contributed by atoms with Gasteiger partial charge in [0.15, 0.2) is 0 Å². The highest BCUT2D eigenvalue weighted by Crippen LogP contribution is 2.34. The Morgan fingerprint density at radius 3 is 2.96 bits per heavy atom. The first-order chi connectivity index (χ1) is 11.2. The smallest absolute Gasteiger partial charge is 0.261 e. The van der Waals surface area contributed by atoms with Gasteiger partial charge in [0.05, 0.1) is 15.3 Å². The Bertz CT molecular complexity index is 675. The molecule has 0 radical (unpaired) electrons. The van der Waals surface area contributed by atoms with Crippen LogP contribution < -0.4 is 5.32 Å². The monoisotopic (exact) mass is 349 g/mol. The molecule has 2 aromatic heterocycles. The van der Waals surface area contributed by atoms with Gasteiger partial charge in [-0.3, -0.25) is 9.69 Å². The third kappa shape index (κ3) is 3.05. The van der Waals surface area contributed by atoms with E-state index in [1.165, 1.54) is 49.0 Å². The summed E-state index contributed by atoms with van der Waals surface area (Å²) < 4.78 is 6.24. The lowest BCUT2D eigenvalue weighted by Gasteiger charge is -2.49. The number of carbonyl (C=O) groups excluding carboxylic acids is 1. The standard InChI is InChI=1S/C16H19N3O2S2/c1-10-14(11-4-7-19(10)8-5-11)18-15(20)12-2-3-13(22-12)23-16-17-6-9-21-16/h2-3,6,9-11,14H,4-5,7-8H2,1H3,(H,18,20)/t10-,14-/m0/s1. The van der Waals surface area contributed by atoms with E-state index in [1.54, 1.807) is 12.5 Å². The average Bonchev–Trinajstić information content (AvgIpc) is 3.23. The quantitative estimate of drug-likeness (QED) is 0.919. The molecule has 5 rings (SSSR count). The molecule has 1 N–H and O–H groups in total. The second-order valence-electron chi connectivity index (χ2n) is 6.13. The predicted molar refractivity (Wildman–Crippen MR) is 90.0 cm³/mol. The minimum absolute atomic E-state index is 0.0415. The molecule has 2 bridgehead atoms. The Morgan fingerprint density at radius 1 is 1.43 bits per heavy atom. The normalized spacial score (nSPS) is 29.6. The molecule has 23 heavy (non-hydrogen) atoms. The van der Waals surface area contributed by atoms with E-state index in [0.717, 1.165) is 9.09 Å². The van der Waals surface area contributed by atoms with Crippen LogP contribution in [-0.2, 0) is 0 Å². The highest BCUT2D eigenvalue weighted by Gasteiger charge is 2.40. The third-order valence-electron chi connectivity index (χ3n) is 4.88. The van der Waals surface area contributed by atoms with Crippen molar-refractivity contribution < 1.29 is 9.21 Å². The van der Waals surface area contributed by atoms with Crippen LogP contribution in [-0.4, -0.2) is 41.0 Å². The van der Waals surface area contributed by atoms with Crippen molar-refractivity contribution in [3.63, 3.8) is 0 Å². The van der Waals surface area contributed by atoms with Crippen molar-refractivity contribution in [3.8, 4) is 0 Å². The number of amides is 1. The molecule has 3 fully saturated rings. The number of fused-ring (bicyclic) bond motifs is 3. The zero-order valence-corrected chi connectivity index (χ0v) is 14.5. The molecule has 3 saturated heterocycles. The van der Waals surface area contributed by atoms with Crippen LogP contribution in [0, 0.1) is 5.92 Å². The number of aromatic nitrogens is 1. The van der Waals surface area contributed by atoms with Crippen molar-refractivity contribution in [3.05, 3.63) is 29.5 Å². The van der Waals surface area contributed by atoms with Gasteiger partial charge < -0.3 is 9.73 Å². The molecule has 2 aromatic rings. The Hall–Kier alpha value is -1.31. The van der Waals surface area contributed by atoms with Crippen LogP contribution >= 0.6 is 23.1 Å². The number of hydrogen-bond acceptors (Lipinski definition) is 6. The van der Waals surface area contributed by atoms with Crippen LogP contribution in [0.5, 0.6) is 0 Å². The number of nitrogens with one attached hydrogen (secondary N) is 1. The lowest BCUT2D eigenvalue weighted by atomic mass is 9.79. The van der Waals surface area contributed by atoms with Crippen LogP contribution in [0.3, 0.4) is 0 Å². The molecule has 5 nitrogen and oxygen atoms in total. The van der Waals surface area contributed by atoms with Crippen LogP contribution in [0.2, 0.25) is 0 Å². The minimum Gasteiger partial charge on any atom is -0.440 e. The molecule has 2 atom stereocenters. The van der Waals surface area contributed by atoms with Crippen molar-refractivity contribution in [2.24, 2.45) is 5.92 Å². The molecule has 0 unspecified atom stereocenters. The molecule has 3 aliphatic rings. The van der Waals surface area contributed by atoms with Crippen LogP contribution in [0.1, 0.15) is 29.4 Å². The van der Waals surface area contributed by atoms with Gasteiger partial charge in [-0.2, -0.15) is 0 Å². The van der Waals surface area contributed by atoms with Gasteiger partial charge in [0.2, 0.25) is 0 Å². The summed E-state index contributed by atoms with van der Waals surface area (Å²) in [5.41, 5.74) is 0. The maximum Gasteiger partial charge on any atom is 0.261 e. The molecule has 122 valence electrons. The summed E-state index contributed by atoms with van der Waals surface area (Å²) in [5, 5.41) is 3.87. The second-order valence-corrected chi connectivity index (χ2v) is 8.47. The van der Waals surface area contributed by atoms with Gasteiger partial charge in [0.1, 0.15) is 6.26 Å². The van der Waals surface area contributed by atoms with Gasteiger partial charge in [-0.25, -0.2) is 4.98 Å². The lowest BCUT2D eigenvalue weighted by molar-refractivity contribution is 0.0218. The Balaban J connectivity index is 1.42. The van der Waals surface area contributed by atoms with Crippen molar-refractivity contribution in [2.75, 3.05) is 13.1 Å². The number of piperidine rings is 3. The topological polar surface area (TPSA) is 58.4 Å². The van der Waals surface area contributed by atoms with E-state index in [1.807, 2.05) is 12.1 Å². The molecule has 3 aliphatic heterocycles. The summed E-state index contributed by atoms with van der Waals surface area (Å²) in [6.45, 7) is 4.58. The van der Waals surface area contributed by atoms with Crippen LogP contribution in [0.15, 0.2) is 38.4 Å². The fourth-order valence-corrected chi connectivity index (χ4v) is 5.43. The predicted octanol–water partition coefficient (Wildman–Crippen LogP) is 3.10. The van der Waals surface area contributed by atoms with E-state index in [4.69, 9.17) is 4.42 Å². The largest absolute Gasteiger partial charge is 0.440 e. The fraction of sp³-hybridized carbons (Fsp3) is 0.500. The van der Waals surface area contributed by atoms with Crippen LogP contribution in [0.4, 0.5) is 0 Å². The lowest BCUT2D eigenvalue weighted by Crippen LogP contribution is -2.62. The number of nitrogens with zero attached hydrogens (tertiary/aromatic N) is 2. The van der Waals surface area contributed by atoms with E-state index in [2.05, 4.69) is 22.1 Å². The first kappa shape index (κ1) is 15.2. The number of carbonyl (C=O) groups is 1. The highest BCUT2D eigenvalue weighted by atomic mass is 32.2. The summed E-state index contributed by atoms with van der Waals surface area (Å²) in [4.78, 5) is 19.9. The first-order valence-electron chi connectivity index (χ1n) is 7.93. The third-order valence-corrected chi connectivity index (χ3v) is 6.97. The van der Waals surface area contributed by atoms with Crippen LogP contribution in [0.25, 0.3) is 0 Å². The van der Waals surface area contributed by atoms with Crippen molar-refractivity contribution in [2.45, 2.75) is 41.3 Å². The van der Waals surface area contributed by atoms with Crippen molar-refractivity contribution in [1.29, 1.82) is 0 Å². The highest BCUT2D eigenvalue weighted by molar-refractivity contribution is 8.01. The maximum atomic E-state index is 12.6. The molecule has 7 heteroatoms. The summed E-state index contributed by atoms with van der Waals surface area (Å²) in [6, 6.07) is 4.55. The van der Waals surface area contributed by atoms with E-state index >= 15 is 0 Å². The maximum absolute atomic E-state index is 12.6. The Labute approximate surface area is 143 Å². The van der Waals surface area contributed by atoms with Gasteiger partial charge in [0.25, 0.3) is 11.1 Å². The zero-order valence-electron chi connectivity index (χ0n) is 12.9. The zero-order chi connectivity index (χ0) is 15.8. The minimum atomic E-state index is 0.0415. The van der Waals surface area contributed by atoms with Crippen molar-refractivity contribution >= 4 is 29.0 Å². The van der Waals surface area contributed by atoms with E-state index < -0.39 is 0 Å². The molecule has 5 heterocycles. The van der Waals surface area contributed by atoms with Gasteiger partial charge >= 0.3 is 0 Å². The number of rotatable bonds is 4. The summed E-state index contributed by atoms with van der Waals surface area (Å²) in [5.74, 6) is 0.667. The molecule has 0 spiro atoms. The van der Waals surface area contributed by atoms with E-state index in [-0.39, 0.29) is 11.9 Å². The first-order valence-corrected chi connectivity index (χ1v) is 9.56. The average molecular weight is 349 g/mol. The molecule has 0 aromatic carbocycles. The van der Waals surface area contributed by atoms with Crippen molar-refractivity contribution in [1.82, 2.24) is 15.2 Å². The van der Waals surface area contributed by atoms with Gasteiger partial charge in [-0.05, 0) is 62.7 Å². The molecule has 0 aliphatic carbocycles.